The zero-order valence-electron chi connectivity index (χ0n) is 11.3. The number of anilines is 1. The molecule has 0 N–H and O–H groups in total. The van der Waals surface area contributed by atoms with Gasteiger partial charge < -0.3 is 9.64 Å². The van der Waals surface area contributed by atoms with Crippen molar-refractivity contribution in [1.82, 2.24) is 4.90 Å². The predicted molar refractivity (Wildman–Crippen MR) is 71.7 cm³/mol. The number of methoxy groups -OCH3 is 1. The molecule has 1 heterocycles. The van der Waals surface area contributed by atoms with Gasteiger partial charge in [0.25, 0.3) is 0 Å². The molecule has 0 spiro atoms. The molecule has 0 bridgehead atoms. The maximum atomic E-state index is 13.7. The number of piperazine rings is 1. The van der Waals surface area contributed by atoms with Crippen LogP contribution in [-0.4, -0.2) is 50.2 Å². The molecular formula is C14H19FN2O2. The van der Waals surface area contributed by atoms with Gasteiger partial charge in [0.2, 0.25) is 0 Å². The molecule has 0 saturated carbocycles. The lowest BCUT2D eigenvalue weighted by molar-refractivity contribution is -0.146. The number of benzene rings is 1. The Bertz CT molecular complexity index is 445. The molecule has 1 aromatic rings. The average molecular weight is 266 g/mol. The molecule has 1 aromatic carbocycles. The Kier molecular flexibility index (Phi) is 4.37. The summed E-state index contributed by atoms with van der Waals surface area (Å²) in [6, 6.07) is 6.54. The number of halogens is 1. The molecular weight excluding hydrogens is 247 g/mol. The van der Waals surface area contributed by atoms with E-state index in [0.717, 1.165) is 13.1 Å². The molecule has 0 amide bonds. The van der Waals surface area contributed by atoms with Crippen LogP contribution in [0.2, 0.25) is 0 Å². The third kappa shape index (κ3) is 3.04. The number of hydrogen-bond acceptors (Lipinski definition) is 4. The number of rotatable bonds is 3. The van der Waals surface area contributed by atoms with E-state index in [4.69, 9.17) is 4.74 Å². The number of hydrogen-bond donors (Lipinski definition) is 0. The fourth-order valence-electron chi connectivity index (χ4n) is 2.38. The maximum Gasteiger partial charge on any atom is 0.322 e. The fourth-order valence-corrected chi connectivity index (χ4v) is 2.38. The van der Waals surface area contributed by atoms with E-state index in [2.05, 4.69) is 4.90 Å². The van der Waals surface area contributed by atoms with E-state index in [0.29, 0.717) is 18.8 Å². The Morgan fingerprint density at radius 2 is 1.89 bits per heavy atom. The summed E-state index contributed by atoms with van der Waals surface area (Å²) in [5.74, 6) is -0.420. The minimum atomic E-state index is -0.243. The van der Waals surface area contributed by atoms with Gasteiger partial charge in [0, 0.05) is 26.2 Å². The first-order valence-corrected chi connectivity index (χ1v) is 6.45. The minimum Gasteiger partial charge on any atom is -0.468 e. The molecule has 1 saturated heterocycles. The Morgan fingerprint density at radius 1 is 1.26 bits per heavy atom. The van der Waals surface area contributed by atoms with E-state index in [1.807, 2.05) is 17.9 Å². The van der Waals surface area contributed by atoms with Crippen LogP contribution in [0.5, 0.6) is 0 Å². The largest absolute Gasteiger partial charge is 0.468 e. The summed E-state index contributed by atoms with van der Waals surface area (Å²) in [7, 11) is 1.40. The first-order chi connectivity index (χ1) is 9.13. The highest BCUT2D eigenvalue weighted by atomic mass is 19.1. The van der Waals surface area contributed by atoms with Gasteiger partial charge in [-0.15, -0.1) is 0 Å². The second-order valence-electron chi connectivity index (χ2n) is 4.67. The van der Waals surface area contributed by atoms with E-state index in [1.165, 1.54) is 13.2 Å². The maximum absolute atomic E-state index is 13.7. The Morgan fingerprint density at radius 3 is 2.47 bits per heavy atom. The van der Waals surface area contributed by atoms with E-state index in [1.54, 1.807) is 12.1 Å². The molecule has 0 unspecified atom stereocenters. The Balaban J connectivity index is 1.96. The standard InChI is InChI=1S/C14H19FN2O2/c1-11(14(18)19-2)16-7-9-17(10-8-16)13-6-4-3-5-12(13)15/h3-6,11H,7-10H2,1-2H3/t11-/m0/s1. The topological polar surface area (TPSA) is 32.8 Å². The SMILES string of the molecule is COC(=O)[C@H](C)N1CCN(c2ccccc2F)CC1. The summed E-state index contributed by atoms with van der Waals surface area (Å²) < 4.78 is 18.4. The van der Waals surface area contributed by atoms with E-state index < -0.39 is 0 Å². The third-order valence-electron chi connectivity index (χ3n) is 3.60. The zero-order chi connectivity index (χ0) is 13.8. The van der Waals surface area contributed by atoms with Crippen LogP contribution >= 0.6 is 0 Å². The van der Waals surface area contributed by atoms with Crippen molar-refractivity contribution in [2.24, 2.45) is 0 Å². The van der Waals surface area contributed by atoms with Crippen molar-refractivity contribution >= 4 is 11.7 Å². The second kappa shape index (κ2) is 6.02. The van der Waals surface area contributed by atoms with Gasteiger partial charge >= 0.3 is 5.97 Å². The Hall–Kier alpha value is -1.62. The van der Waals surface area contributed by atoms with Crippen molar-refractivity contribution in [3.8, 4) is 0 Å². The highest BCUT2D eigenvalue weighted by Crippen LogP contribution is 2.20. The van der Waals surface area contributed by atoms with Crippen LogP contribution < -0.4 is 4.90 Å². The molecule has 5 heteroatoms. The quantitative estimate of drug-likeness (QED) is 0.776. The van der Waals surface area contributed by atoms with Gasteiger partial charge in [-0.3, -0.25) is 9.69 Å². The lowest BCUT2D eigenvalue weighted by Gasteiger charge is -2.38. The molecule has 2 rings (SSSR count). The van der Waals surface area contributed by atoms with Crippen molar-refractivity contribution < 1.29 is 13.9 Å². The van der Waals surface area contributed by atoms with Gasteiger partial charge in [-0.25, -0.2) is 4.39 Å². The van der Waals surface area contributed by atoms with Crippen molar-refractivity contribution in [2.45, 2.75) is 13.0 Å². The molecule has 19 heavy (non-hydrogen) atoms. The molecule has 0 aliphatic carbocycles. The van der Waals surface area contributed by atoms with Crippen LogP contribution in [0.3, 0.4) is 0 Å². The molecule has 0 aromatic heterocycles. The summed E-state index contributed by atoms with van der Waals surface area (Å²) in [6.07, 6.45) is 0. The summed E-state index contributed by atoms with van der Waals surface area (Å²) in [6.45, 7) is 4.71. The number of para-hydroxylation sites is 1. The number of carbonyl (C=O) groups excluding carboxylic acids is 1. The normalized spacial score (nSPS) is 18.2. The van der Waals surface area contributed by atoms with Gasteiger partial charge in [0.1, 0.15) is 11.9 Å². The van der Waals surface area contributed by atoms with Crippen molar-refractivity contribution in [1.29, 1.82) is 0 Å². The summed E-state index contributed by atoms with van der Waals surface area (Å²) in [4.78, 5) is 15.5. The molecule has 1 fully saturated rings. The van der Waals surface area contributed by atoms with Crippen LogP contribution in [0, 0.1) is 5.82 Å². The van der Waals surface area contributed by atoms with Crippen LogP contribution in [-0.2, 0) is 9.53 Å². The van der Waals surface area contributed by atoms with Crippen LogP contribution in [0.25, 0.3) is 0 Å². The number of carbonyl (C=O) groups is 1. The zero-order valence-corrected chi connectivity index (χ0v) is 11.3. The van der Waals surface area contributed by atoms with Gasteiger partial charge in [-0.2, -0.15) is 0 Å². The monoisotopic (exact) mass is 266 g/mol. The predicted octanol–water partition coefficient (Wildman–Crippen LogP) is 1.51. The number of nitrogens with zero attached hydrogens (tertiary/aromatic N) is 2. The highest BCUT2D eigenvalue weighted by Gasteiger charge is 2.26. The molecule has 1 aliphatic heterocycles. The molecule has 1 atom stereocenters. The smallest absolute Gasteiger partial charge is 0.322 e. The van der Waals surface area contributed by atoms with Gasteiger partial charge in [-0.05, 0) is 19.1 Å². The molecule has 1 aliphatic rings. The van der Waals surface area contributed by atoms with Crippen molar-refractivity contribution in [3.05, 3.63) is 30.1 Å². The lowest BCUT2D eigenvalue weighted by atomic mass is 10.2. The number of esters is 1. The van der Waals surface area contributed by atoms with Crippen molar-refractivity contribution in [3.63, 3.8) is 0 Å². The van der Waals surface area contributed by atoms with Crippen LogP contribution in [0.4, 0.5) is 10.1 Å². The molecule has 0 radical (unpaired) electrons. The molecule has 4 nitrogen and oxygen atoms in total. The first kappa shape index (κ1) is 13.8. The Labute approximate surface area is 112 Å². The summed E-state index contributed by atoms with van der Waals surface area (Å²) in [5.41, 5.74) is 0.632. The minimum absolute atomic E-state index is 0.197. The highest BCUT2D eigenvalue weighted by molar-refractivity contribution is 5.75. The van der Waals surface area contributed by atoms with E-state index >= 15 is 0 Å². The van der Waals surface area contributed by atoms with Gasteiger partial charge in [0.05, 0.1) is 12.8 Å². The lowest BCUT2D eigenvalue weighted by Crippen LogP contribution is -2.52. The van der Waals surface area contributed by atoms with Crippen molar-refractivity contribution in [2.75, 3.05) is 38.2 Å². The fraction of sp³-hybridized carbons (Fsp3) is 0.500. The van der Waals surface area contributed by atoms with E-state index in [-0.39, 0.29) is 17.8 Å². The third-order valence-corrected chi connectivity index (χ3v) is 3.60. The van der Waals surface area contributed by atoms with Crippen LogP contribution in [0.1, 0.15) is 6.92 Å². The average Bonchev–Trinajstić information content (AvgIpc) is 2.46. The van der Waals surface area contributed by atoms with Gasteiger partial charge in [-0.1, -0.05) is 12.1 Å². The summed E-state index contributed by atoms with van der Waals surface area (Å²) in [5, 5.41) is 0. The second-order valence-corrected chi connectivity index (χ2v) is 4.67. The summed E-state index contributed by atoms with van der Waals surface area (Å²) >= 11 is 0. The molecule has 104 valence electrons. The first-order valence-electron chi connectivity index (χ1n) is 6.45. The van der Waals surface area contributed by atoms with E-state index in [9.17, 15) is 9.18 Å². The number of ether oxygens (including phenoxy) is 1. The van der Waals surface area contributed by atoms with Crippen LogP contribution in [0.15, 0.2) is 24.3 Å². The van der Waals surface area contributed by atoms with Gasteiger partial charge in [0.15, 0.2) is 0 Å².